The van der Waals surface area contributed by atoms with Gasteiger partial charge in [-0.25, -0.2) is 18.1 Å². The largest absolute Gasteiger partial charge is 0.326 e. The van der Waals surface area contributed by atoms with Crippen LogP contribution in [0.4, 0.5) is 4.79 Å². The Morgan fingerprint density at radius 2 is 1.71 bits per heavy atom. The summed E-state index contributed by atoms with van der Waals surface area (Å²) >= 11 is 0. The van der Waals surface area contributed by atoms with E-state index in [9.17, 15) is 18.0 Å². The third-order valence-electron chi connectivity index (χ3n) is 7.33. The van der Waals surface area contributed by atoms with Crippen LogP contribution >= 0.6 is 0 Å². The molecule has 3 amide bonds. The van der Waals surface area contributed by atoms with Crippen LogP contribution in [-0.4, -0.2) is 72.8 Å². The summed E-state index contributed by atoms with van der Waals surface area (Å²) in [4.78, 5) is 28.9. The maximum absolute atomic E-state index is 13.2. The molecule has 2 saturated heterocycles. The highest BCUT2D eigenvalue weighted by atomic mass is 32.2. The number of nitrogens with zero attached hydrogens (tertiary/aromatic N) is 3. The van der Waals surface area contributed by atoms with Crippen LogP contribution in [0.25, 0.3) is 0 Å². The van der Waals surface area contributed by atoms with Crippen LogP contribution in [0.3, 0.4) is 0 Å². The van der Waals surface area contributed by atoms with Gasteiger partial charge in [0.2, 0.25) is 10.0 Å². The van der Waals surface area contributed by atoms with Gasteiger partial charge in [-0.15, -0.1) is 0 Å². The molecule has 2 heterocycles. The maximum atomic E-state index is 13.2. The zero-order valence-corrected chi connectivity index (χ0v) is 18.8. The van der Waals surface area contributed by atoms with Crippen molar-refractivity contribution in [2.24, 2.45) is 5.92 Å². The number of carbonyl (C=O) groups is 2. The van der Waals surface area contributed by atoms with Gasteiger partial charge in [-0.05, 0) is 74.6 Å². The predicted octanol–water partition coefficient (Wildman–Crippen LogP) is 1.55. The number of piperazine rings is 1. The van der Waals surface area contributed by atoms with Crippen LogP contribution in [0.15, 0.2) is 23.1 Å². The molecule has 4 aliphatic rings. The Hall–Kier alpha value is -1.97. The summed E-state index contributed by atoms with van der Waals surface area (Å²) in [6.07, 6.45) is 6.18. The zero-order chi connectivity index (χ0) is 21.8. The molecule has 0 spiro atoms. The quantitative estimate of drug-likeness (QED) is 0.693. The van der Waals surface area contributed by atoms with Crippen molar-refractivity contribution in [2.75, 3.05) is 32.8 Å². The number of fused-ring (bicyclic) bond motifs is 1. The highest BCUT2D eigenvalue weighted by molar-refractivity contribution is 7.89. The average molecular weight is 447 g/mol. The molecule has 9 heteroatoms. The number of carbonyl (C=O) groups excluding carboxylic acids is 2. The normalized spacial score (nSPS) is 28.0. The van der Waals surface area contributed by atoms with E-state index in [4.69, 9.17) is 0 Å². The van der Waals surface area contributed by atoms with Crippen molar-refractivity contribution >= 4 is 22.0 Å². The van der Waals surface area contributed by atoms with E-state index in [1.807, 2.05) is 24.0 Å². The molecule has 0 radical (unpaired) electrons. The Morgan fingerprint density at radius 1 is 1.03 bits per heavy atom. The SMILES string of the molecule is C[C@]1(C2CC2)NC(=O)N(CN2CCN(S(=O)(=O)c3ccc4c(c3)CCCC4)CC2)C1=O. The summed E-state index contributed by atoms with van der Waals surface area (Å²) in [7, 11) is -3.54. The van der Waals surface area contributed by atoms with Crippen LogP contribution in [0, 0.1) is 5.92 Å². The van der Waals surface area contributed by atoms with Gasteiger partial charge in [0.15, 0.2) is 0 Å². The lowest BCUT2D eigenvalue weighted by Gasteiger charge is -2.35. The van der Waals surface area contributed by atoms with Gasteiger partial charge in [0.1, 0.15) is 5.54 Å². The van der Waals surface area contributed by atoms with E-state index >= 15 is 0 Å². The summed E-state index contributed by atoms with van der Waals surface area (Å²) in [5, 5.41) is 2.87. The molecule has 5 rings (SSSR count). The standard InChI is InChI=1S/C22H30N4O4S/c1-22(18-7-8-18)20(27)26(21(28)23-22)15-24-10-12-25(13-11-24)31(29,30)19-9-6-16-4-2-3-5-17(16)14-19/h6,9,14,18H,2-5,7-8,10-13,15H2,1H3,(H,23,28)/t22-/m1/s1. The molecule has 8 nitrogen and oxygen atoms in total. The Kier molecular flexibility index (Phi) is 5.10. The number of amides is 3. The summed E-state index contributed by atoms with van der Waals surface area (Å²) in [6.45, 7) is 3.70. The summed E-state index contributed by atoms with van der Waals surface area (Å²) in [6, 6.07) is 5.20. The summed E-state index contributed by atoms with van der Waals surface area (Å²) < 4.78 is 27.9. The van der Waals surface area contributed by atoms with Crippen molar-refractivity contribution in [3.8, 4) is 0 Å². The highest BCUT2D eigenvalue weighted by Gasteiger charge is 2.56. The first-order valence-electron chi connectivity index (χ1n) is 11.3. The molecule has 0 aromatic heterocycles. The number of imide groups is 1. The second kappa shape index (κ2) is 7.56. The van der Waals surface area contributed by atoms with Crippen LogP contribution < -0.4 is 5.32 Å². The molecule has 1 aromatic carbocycles. The number of aryl methyl sites for hydroxylation is 2. The minimum Gasteiger partial charge on any atom is -0.323 e. The third kappa shape index (κ3) is 3.66. The topological polar surface area (TPSA) is 90.0 Å². The maximum Gasteiger partial charge on any atom is 0.326 e. The van der Waals surface area contributed by atoms with Crippen LogP contribution in [0.5, 0.6) is 0 Å². The average Bonchev–Trinajstić information content (AvgIpc) is 3.60. The van der Waals surface area contributed by atoms with E-state index in [1.165, 1.54) is 21.2 Å². The molecule has 1 N–H and O–H groups in total. The Morgan fingerprint density at radius 3 is 2.39 bits per heavy atom. The minimum atomic E-state index is -3.54. The molecule has 1 atom stereocenters. The first kappa shape index (κ1) is 20.9. The van der Waals surface area contributed by atoms with Crippen LogP contribution in [-0.2, 0) is 27.7 Å². The van der Waals surface area contributed by atoms with Crippen molar-refractivity contribution < 1.29 is 18.0 Å². The first-order valence-corrected chi connectivity index (χ1v) is 12.7. The summed E-state index contributed by atoms with van der Waals surface area (Å²) in [5.41, 5.74) is 1.64. The van der Waals surface area contributed by atoms with E-state index < -0.39 is 15.6 Å². The zero-order valence-electron chi connectivity index (χ0n) is 18.0. The fourth-order valence-corrected chi connectivity index (χ4v) is 6.59. The van der Waals surface area contributed by atoms with Gasteiger partial charge < -0.3 is 5.32 Å². The van der Waals surface area contributed by atoms with Gasteiger partial charge in [-0.3, -0.25) is 9.69 Å². The molecule has 2 aliphatic heterocycles. The van der Waals surface area contributed by atoms with Crippen LogP contribution in [0.1, 0.15) is 43.7 Å². The fraction of sp³-hybridized carbons (Fsp3) is 0.636. The summed E-state index contributed by atoms with van der Waals surface area (Å²) in [5.74, 6) is 0.0664. The highest BCUT2D eigenvalue weighted by Crippen LogP contribution is 2.42. The lowest BCUT2D eigenvalue weighted by Crippen LogP contribution is -2.53. The van der Waals surface area contributed by atoms with E-state index in [-0.39, 0.29) is 24.5 Å². The van der Waals surface area contributed by atoms with E-state index in [0.29, 0.717) is 31.1 Å². The van der Waals surface area contributed by atoms with Gasteiger partial charge in [0.25, 0.3) is 5.91 Å². The van der Waals surface area contributed by atoms with Crippen molar-refractivity contribution in [1.29, 1.82) is 0 Å². The number of hydrogen-bond donors (Lipinski definition) is 1. The van der Waals surface area contributed by atoms with Crippen molar-refractivity contribution in [3.05, 3.63) is 29.3 Å². The monoisotopic (exact) mass is 446 g/mol. The lowest BCUT2D eigenvalue weighted by atomic mass is 9.92. The van der Waals surface area contributed by atoms with Gasteiger partial charge in [-0.2, -0.15) is 4.31 Å². The smallest absolute Gasteiger partial charge is 0.323 e. The molecule has 1 aromatic rings. The molecule has 31 heavy (non-hydrogen) atoms. The second-order valence-corrected chi connectivity index (χ2v) is 11.4. The Bertz CT molecular complexity index is 1010. The molecule has 0 unspecified atom stereocenters. The number of nitrogens with one attached hydrogen (secondary N) is 1. The number of rotatable bonds is 5. The van der Waals surface area contributed by atoms with Crippen molar-refractivity contribution in [2.45, 2.75) is 55.9 Å². The number of hydrogen-bond acceptors (Lipinski definition) is 5. The lowest BCUT2D eigenvalue weighted by molar-refractivity contribution is -0.133. The molecule has 0 bridgehead atoms. The molecule has 1 saturated carbocycles. The molecule has 168 valence electrons. The van der Waals surface area contributed by atoms with Crippen molar-refractivity contribution in [3.63, 3.8) is 0 Å². The van der Waals surface area contributed by atoms with Gasteiger partial charge in [-0.1, -0.05) is 6.07 Å². The van der Waals surface area contributed by atoms with Crippen LogP contribution in [0.2, 0.25) is 0 Å². The molecular formula is C22H30N4O4S. The number of urea groups is 1. The Balaban J connectivity index is 1.22. The van der Waals surface area contributed by atoms with E-state index in [0.717, 1.165) is 37.7 Å². The number of sulfonamides is 1. The molecular weight excluding hydrogens is 416 g/mol. The second-order valence-electron chi connectivity index (χ2n) is 9.44. The minimum absolute atomic E-state index is 0.163. The van der Waals surface area contributed by atoms with E-state index in [1.54, 1.807) is 6.07 Å². The fourth-order valence-electron chi connectivity index (χ4n) is 5.11. The Labute approximate surface area is 183 Å². The molecule has 3 fully saturated rings. The van der Waals surface area contributed by atoms with Gasteiger partial charge in [0.05, 0.1) is 11.6 Å². The predicted molar refractivity (Wildman–Crippen MR) is 115 cm³/mol. The molecule has 2 aliphatic carbocycles. The van der Waals surface area contributed by atoms with Gasteiger partial charge in [0, 0.05) is 26.2 Å². The van der Waals surface area contributed by atoms with Gasteiger partial charge >= 0.3 is 6.03 Å². The van der Waals surface area contributed by atoms with Crippen molar-refractivity contribution in [1.82, 2.24) is 19.4 Å². The third-order valence-corrected chi connectivity index (χ3v) is 9.22. The van der Waals surface area contributed by atoms with E-state index in [2.05, 4.69) is 5.32 Å². The number of benzene rings is 1. The first-order chi connectivity index (χ1) is 14.8.